The maximum absolute atomic E-state index is 13.3. The standard InChI is InChI=1S/C29H31N5O2/c1-17-11-19(3)28-24(12-17)18(2)13-25(30-28)34-26(14-20(4)32-34)31-29(36)23-15-27(35)33(16-23)21(5)22-9-7-6-8-10-22/h6-14,21,23H,15-16H2,1-5H3,(H,31,36). The van der Waals surface area contributed by atoms with Gasteiger partial charge in [-0.15, -0.1) is 0 Å². The van der Waals surface area contributed by atoms with Gasteiger partial charge in [0.1, 0.15) is 5.82 Å². The number of amides is 2. The van der Waals surface area contributed by atoms with E-state index in [1.807, 2.05) is 56.3 Å². The predicted molar refractivity (Wildman–Crippen MR) is 141 cm³/mol. The average Bonchev–Trinajstić information content (AvgIpc) is 3.42. The Morgan fingerprint density at radius 1 is 1.03 bits per heavy atom. The predicted octanol–water partition coefficient (Wildman–Crippen LogP) is 5.20. The van der Waals surface area contributed by atoms with E-state index in [-0.39, 0.29) is 24.3 Å². The van der Waals surface area contributed by atoms with Crippen molar-refractivity contribution in [3.8, 4) is 5.82 Å². The first-order valence-corrected chi connectivity index (χ1v) is 12.3. The number of benzene rings is 2. The zero-order chi connectivity index (χ0) is 25.6. The normalized spacial score (nSPS) is 16.5. The second-order valence-corrected chi connectivity index (χ2v) is 9.88. The summed E-state index contributed by atoms with van der Waals surface area (Å²) in [5.74, 6) is 0.585. The molecule has 2 unspecified atom stereocenters. The van der Waals surface area contributed by atoms with Crippen LogP contribution in [0.1, 0.15) is 47.3 Å². The van der Waals surface area contributed by atoms with Crippen molar-refractivity contribution in [1.82, 2.24) is 19.7 Å². The average molecular weight is 482 g/mol. The highest BCUT2D eigenvalue weighted by atomic mass is 16.2. The van der Waals surface area contributed by atoms with Gasteiger partial charge in [0.25, 0.3) is 0 Å². The van der Waals surface area contributed by atoms with Gasteiger partial charge >= 0.3 is 0 Å². The first-order chi connectivity index (χ1) is 17.2. The summed E-state index contributed by atoms with van der Waals surface area (Å²) in [6, 6.07) is 17.9. The number of aromatic nitrogens is 3. The van der Waals surface area contributed by atoms with Gasteiger partial charge in [0, 0.05) is 24.4 Å². The minimum Gasteiger partial charge on any atom is -0.335 e. The lowest BCUT2D eigenvalue weighted by Gasteiger charge is -2.25. The Morgan fingerprint density at radius 2 is 1.78 bits per heavy atom. The van der Waals surface area contributed by atoms with Crippen LogP contribution < -0.4 is 5.32 Å². The summed E-state index contributed by atoms with van der Waals surface area (Å²) in [7, 11) is 0. The Morgan fingerprint density at radius 3 is 2.53 bits per heavy atom. The van der Waals surface area contributed by atoms with Crippen molar-refractivity contribution >= 4 is 28.5 Å². The molecule has 0 bridgehead atoms. The van der Waals surface area contributed by atoms with Crippen LogP contribution in [0.25, 0.3) is 16.7 Å². The molecule has 0 saturated carbocycles. The molecule has 2 atom stereocenters. The monoisotopic (exact) mass is 481 g/mol. The SMILES string of the molecule is Cc1cc(C)c2nc(-n3nc(C)cc3NC(=O)C3CC(=O)N(C(C)c4ccccc4)C3)cc(C)c2c1. The number of carbonyl (C=O) groups is 2. The van der Waals surface area contributed by atoms with Gasteiger partial charge < -0.3 is 10.2 Å². The van der Waals surface area contributed by atoms with Gasteiger partial charge in [0.15, 0.2) is 5.82 Å². The van der Waals surface area contributed by atoms with E-state index in [4.69, 9.17) is 4.98 Å². The number of rotatable bonds is 5. The second kappa shape index (κ2) is 9.22. The minimum atomic E-state index is -0.427. The number of nitrogens with zero attached hydrogens (tertiary/aromatic N) is 4. The number of anilines is 1. The molecule has 0 radical (unpaired) electrons. The second-order valence-electron chi connectivity index (χ2n) is 9.88. The molecule has 2 amide bonds. The van der Waals surface area contributed by atoms with E-state index in [0.29, 0.717) is 18.2 Å². The largest absolute Gasteiger partial charge is 0.335 e. The lowest BCUT2D eigenvalue weighted by atomic mass is 10.0. The van der Waals surface area contributed by atoms with Gasteiger partial charge in [-0.05, 0) is 63.4 Å². The van der Waals surface area contributed by atoms with Crippen LogP contribution >= 0.6 is 0 Å². The molecule has 0 aliphatic carbocycles. The first kappa shape index (κ1) is 23.7. The van der Waals surface area contributed by atoms with Crippen LogP contribution in [0.4, 0.5) is 5.82 Å². The van der Waals surface area contributed by atoms with Crippen molar-refractivity contribution in [1.29, 1.82) is 0 Å². The molecule has 7 heteroatoms. The van der Waals surface area contributed by atoms with E-state index in [9.17, 15) is 9.59 Å². The molecule has 2 aromatic carbocycles. The highest BCUT2D eigenvalue weighted by molar-refractivity contribution is 5.97. The number of pyridine rings is 1. The number of fused-ring (bicyclic) bond motifs is 1. The Hall–Kier alpha value is -4.00. The molecule has 1 N–H and O–H groups in total. The molecule has 3 heterocycles. The number of carbonyl (C=O) groups excluding carboxylic acids is 2. The number of nitrogens with one attached hydrogen (secondary N) is 1. The fourth-order valence-electron chi connectivity index (χ4n) is 5.12. The Balaban J connectivity index is 1.39. The van der Waals surface area contributed by atoms with Crippen LogP contribution in [0.5, 0.6) is 0 Å². The summed E-state index contributed by atoms with van der Waals surface area (Å²) >= 11 is 0. The summed E-state index contributed by atoms with van der Waals surface area (Å²) in [6.07, 6.45) is 0.196. The molecule has 184 valence electrons. The van der Waals surface area contributed by atoms with E-state index in [1.54, 1.807) is 9.58 Å². The van der Waals surface area contributed by atoms with Crippen LogP contribution in [0.2, 0.25) is 0 Å². The summed E-state index contributed by atoms with van der Waals surface area (Å²) in [5.41, 5.74) is 6.15. The van der Waals surface area contributed by atoms with Gasteiger partial charge in [-0.25, -0.2) is 4.98 Å². The maximum Gasteiger partial charge on any atom is 0.230 e. The van der Waals surface area contributed by atoms with Crippen molar-refractivity contribution in [2.45, 2.75) is 47.1 Å². The Kier molecular flexibility index (Phi) is 6.08. The third-order valence-electron chi connectivity index (χ3n) is 7.02. The van der Waals surface area contributed by atoms with Gasteiger partial charge in [0.05, 0.1) is 23.2 Å². The van der Waals surface area contributed by atoms with Gasteiger partial charge in [-0.1, -0.05) is 42.0 Å². The molecule has 36 heavy (non-hydrogen) atoms. The molecule has 1 aliphatic heterocycles. The third-order valence-corrected chi connectivity index (χ3v) is 7.02. The molecule has 2 aromatic heterocycles. The number of aryl methyl sites for hydroxylation is 4. The van der Waals surface area contributed by atoms with Crippen LogP contribution in [-0.4, -0.2) is 38.0 Å². The lowest BCUT2D eigenvalue weighted by Crippen LogP contribution is -2.30. The minimum absolute atomic E-state index is 0.00576. The van der Waals surface area contributed by atoms with Crippen LogP contribution in [0.3, 0.4) is 0 Å². The third kappa shape index (κ3) is 4.37. The van der Waals surface area contributed by atoms with E-state index in [1.165, 1.54) is 5.56 Å². The highest BCUT2D eigenvalue weighted by Crippen LogP contribution is 2.30. The summed E-state index contributed by atoms with van der Waals surface area (Å²) < 4.78 is 1.68. The molecule has 1 fully saturated rings. The van der Waals surface area contributed by atoms with Crippen molar-refractivity contribution < 1.29 is 9.59 Å². The molecule has 1 saturated heterocycles. The zero-order valence-electron chi connectivity index (χ0n) is 21.4. The number of hydrogen-bond donors (Lipinski definition) is 1. The van der Waals surface area contributed by atoms with E-state index in [0.717, 1.165) is 33.3 Å². The number of likely N-dealkylation sites (tertiary alicyclic amines) is 1. The Bertz CT molecular complexity index is 1470. The summed E-state index contributed by atoms with van der Waals surface area (Å²) in [5, 5.41) is 8.75. The van der Waals surface area contributed by atoms with Crippen LogP contribution in [0.15, 0.2) is 54.6 Å². The molecular formula is C29H31N5O2. The van der Waals surface area contributed by atoms with Gasteiger partial charge in [-0.2, -0.15) is 9.78 Å². The fourth-order valence-corrected chi connectivity index (χ4v) is 5.12. The highest BCUT2D eigenvalue weighted by Gasteiger charge is 2.37. The lowest BCUT2D eigenvalue weighted by molar-refractivity contribution is -0.129. The Labute approximate surface area is 211 Å². The van der Waals surface area contributed by atoms with Crippen molar-refractivity contribution in [3.63, 3.8) is 0 Å². The van der Waals surface area contributed by atoms with E-state index >= 15 is 0 Å². The van der Waals surface area contributed by atoms with Gasteiger partial charge in [0.2, 0.25) is 11.8 Å². The van der Waals surface area contributed by atoms with Crippen LogP contribution in [0, 0.1) is 33.6 Å². The van der Waals surface area contributed by atoms with E-state index < -0.39 is 5.92 Å². The molecular weight excluding hydrogens is 450 g/mol. The van der Waals surface area contributed by atoms with Crippen molar-refractivity contribution in [2.24, 2.45) is 5.92 Å². The van der Waals surface area contributed by atoms with E-state index in [2.05, 4.69) is 43.3 Å². The maximum atomic E-state index is 13.3. The van der Waals surface area contributed by atoms with Crippen molar-refractivity contribution in [3.05, 3.63) is 82.5 Å². The summed E-state index contributed by atoms with van der Waals surface area (Å²) in [6.45, 7) is 10.5. The quantitative estimate of drug-likeness (QED) is 0.425. The number of hydrogen-bond acceptors (Lipinski definition) is 4. The van der Waals surface area contributed by atoms with Gasteiger partial charge in [-0.3, -0.25) is 9.59 Å². The molecule has 4 aromatic rings. The first-order valence-electron chi connectivity index (χ1n) is 12.3. The molecule has 7 nitrogen and oxygen atoms in total. The zero-order valence-corrected chi connectivity index (χ0v) is 21.4. The molecule has 0 spiro atoms. The fraction of sp³-hybridized carbons (Fsp3) is 0.310. The van der Waals surface area contributed by atoms with Crippen molar-refractivity contribution in [2.75, 3.05) is 11.9 Å². The molecule has 5 rings (SSSR count). The smallest absolute Gasteiger partial charge is 0.230 e. The van der Waals surface area contributed by atoms with Crippen LogP contribution in [-0.2, 0) is 9.59 Å². The summed E-state index contributed by atoms with van der Waals surface area (Å²) in [4.78, 5) is 32.7. The molecule has 1 aliphatic rings. The topological polar surface area (TPSA) is 80.1 Å².